The highest BCUT2D eigenvalue weighted by Gasteiger charge is 2.11. The molecule has 2 heterocycles. The maximum atomic E-state index is 10.5. The number of aliphatic hydroxyl groups is 1. The van der Waals surface area contributed by atoms with Crippen molar-refractivity contribution >= 4 is 38.7 Å². The number of aromatic nitrogens is 1. The van der Waals surface area contributed by atoms with Crippen molar-refractivity contribution in [2.45, 2.75) is 33.3 Å². The van der Waals surface area contributed by atoms with E-state index in [-0.39, 0.29) is 0 Å². The summed E-state index contributed by atoms with van der Waals surface area (Å²) in [5, 5.41) is 19.4. The van der Waals surface area contributed by atoms with Crippen LogP contribution in [-0.2, 0) is 6.42 Å². The van der Waals surface area contributed by atoms with Gasteiger partial charge in [0.05, 0.1) is 17.2 Å². The second kappa shape index (κ2) is 9.30. The van der Waals surface area contributed by atoms with Crippen molar-refractivity contribution in [3.8, 4) is 0 Å². The van der Waals surface area contributed by atoms with Crippen LogP contribution in [0.2, 0.25) is 0 Å². The number of guanidine groups is 1. The molecule has 0 amide bonds. The van der Waals surface area contributed by atoms with E-state index in [0.717, 1.165) is 41.0 Å². The summed E-state index contributed by atoms with van der Waals surface area (Å²) in [5.41, 5.74) is 1.11. The topological polar surface area (TPSA) is 69.5 Å². The van der Waals surface area contributed by atoms with E-state index >= 15 is 0 Å². The van der Waals surface area contributed by atoms with Gasteiger partial charge in [-0.25, -0.2) is 4.98 Å². The Morgan fingerprint density at radius 2 is 2.04 bits per heavy atom. The van der Waals surface area contributed by atoms with Crippen LogP contribution in [-0.4, -0.2) is 35.7 Å². The molecule has 0 fully saturated rings. The highest BCUT2D eigenvalue weighted by Crippen LogP contribution is 2.29. The fourth-order valence-corrected chi connectivity index (χ4v) is 4.85. The van der Waals surface area contributed by atoms with E-state index in [1.54, 1.807) is 22.7 Å². The van der Waals surface area contributed by atoms with Crippen molar-refractivity contribution in [2.75, 3.05) is 19.6 Å². The third-order valence-corrected chi connectivity index (χ3v) is 6.53. The summed E-state index contributed by atoms with van der Waals surface area (Å²) in [4.78, 5) is 11.3. The fourth-order valence-electron chi connectivity index (χ4n) is 2.88. The normalized spacial score (nSPS) is 13.1. The minimum absolute atomic E-state index is 0.334. The van der Waals surface area contributed by atoms with Gasteiger partial charge in [-0.3, -0.25) is 4.99 Å². The highest BCUT2D eigenvalue weighted by atomic mass is 32.1. The monoisotopic (exact) mass is 402 g/mol. The van der Waals surface area contributed by atoms with E-state index in [4.69, 9.17) is 0 Å². The van der Waals surface area contributed by atoms with E-state index in [9.17, 15) is 5.11 Å². The van der Waals surface area contributed by atoms with Crippen molar-refractivity contribution in [1.82, 2.24) is 15.6 Å². The molecule has 3 aromatic rings. The lowest BCUT2D eigenvalue weighted by Gasteiger charge is -2.12. The number of benzene rings is 1. The Hall–Kier alpha value is -1.96. The number of hydrogen-bond donors (Lipinski definition) is 3. The van der Waals surface area contributed by atoms with Gasteiger partial charge in [-0.1, -0.05) is 18.2 Å². The first kappa shape index (κ1) is 19.8. The van der Waals surface area contributed by atoms with Gasteiger partial charge in [0.1, 0.15) is 6.10 Å². The van der Waals surface area contributed by atoms with E-state index < -0.39 is 6.10 Å². The van der Waals surface area contributed by atoms with Crippen molar-refractivity contribution in [2.24, 2.45) is 4.99 Å². The first-order valence-corrected chi connectivity index (χ1v) is 10.8. The molecule has 1 aromatic carbocycles. The summed E-state index contributed by atoms with van der Waals surface area (Å²) in [6.07, 6.45) is 0.324. The molecule has 3 N–H and O–H groups in total. The van der Waals surface area contributed by atoms with Crippen LogP contribution in [0.25, 0.3) is 10.1 Å². The van der Waals surface area contributed by atoms with Crippen LogP contribution in [0.5, 0.6) is 0 Å². The second-order valence-corrected chi connectivity index (χ2v) is 8.74. The molecule has 0 spiro atoms. The molecule has 7 heteroatoms. The molecule has 1 unspecified atom stereocenters. The summed E-state index contributed by atoms with van der Waals surface area (Å²) < 4.78 is 1.19. The van der Waals surface area contributed by atoms with Crippen LogP contribution < -0.4 is 10.6 Å². The number of rotatable bonds is 7. The third kappa shape index (κ3) is 5.28. The quantitative estimate of drug-likeness (QED) is 0.415. The van der Waals surface area contributed by atoms with Crippen LogP contribution in [0.3, 0.4) is 0 Å². The SMILES string of the molecule is CCNC(=NCC(O)c1cc2ccccc2s1)NCCc1sc(C)nc1C. The third-order valence-electron chi connectivity index (χ3n) is 4.18. The number of fused-ring (bicyclic) bond motifs is 1. The molecule has 2 aromatic heterocycles. The van der Waals surface area contributed by atoms with Gasteiger partial charge in [0.25, 0.3) is 0 Å². The van der Waals surface area contributed by atoms with Crippen LogP contribution in [0, 0.1) is 13.8 Å². The number of aryl methyl sites for hydroxylation is 2. The number of nitrogens with zero attached hydrogens (tertiary/aromatic N) is 2. The lowest BCUT2D eigenvalue weighted by Crippen LogP contribution is -2.38. The summed E-state index contributed by atoms with van der Waals surface area (Å²) in [6, 6.07) is 10.2. The minimum atomic E-state index is -0.593. The molecule has 144 valence electrons. The van der Waals surface area contributed by atoms with Gasteiger partial charge in [-0.15, -0.1) is 22.7 Å². The first-order valence-electron chi connectivity index (χ1n) is 9.18. The highest BCUT2D eigenvalue weighted by molar-refractivity contribution is 7.19. The van der Waals surface area contributed by atoms with Gasteiger partial charge in [-0.2, -0.15) is 0 Å². The molecule has 0 bridgehead atoms. The number of aliphatic hydroxyl groups excluding tert-OH is 1. The van der Waals surface area contributed by atoms with E-state index in [0.29, 0.717) is 6.54 Å². The van der Waals surface area contributed by atoms with Gasteiger partial charge in [-0.05, 0) is 38.3 Å². The van der Waals surface area contributed by atoms with Crippen molar-refractivity contribution < 1.29 is 5.11 Å². The Morgan fingerprint density at radius 3 is 2.74 bits per heavy atom. The standard InChI is InChI=1S/C20H26N4OS2/c1-4-21-20(22-10-9-17-13(2)24-14(3)26-17)23-12-16(25)19-11-15-7-5-6-8-18(15)27-19/h5-8,11,16,25H,4,9-10,12H2,1-3H3,(H2,21,22,23). The summed E-state index contributed by atoms with van der Waals surface area (Å²) in [6.45, 7) is 8.03. The van der Waals surface area contributed by atoms with Crippen molar-refractivity contribution in [3.63, 3.8) is 0 Å². The Bertz CT molecular complexity index is 883. The molecule has 0 aliphatic rings. The zero-order valence-corrected chi connectivity index (χ0v) is 17.6. The fraction of sp³-hybridized carbons (Fsp3) is 0.400. The molecule has 5 nitrogen and oxygen atoms in total. The summed E-state index contributed by atoms with van der Waals surface area (Å²) in [7, 11) is 0. The average Bonchev–Trinajstić information content (AvgIpc) is 3.22. The molecule has 0 radical (unpaired) electrons. The minimum Gasteiger partial charge on any atom is -0.386 e. The second-order valence-electron chi connectivity index (χ2n) is 6.34. The lowest BCUT2D eigenvalue weighted by molar-refractivity contribution is 0.191. The Morgan fingerprint density at radius 1 is 1.22 bits per heavy atom. The maximum Gasteiger partial charge on any atom is 0.191 e. The molecule has 0 saturated heterocycles. The van der Waals surface area contributed by atoms with E-state index in [1.165, 1.54) is 15.0 Å². The summed E-state index contributed by atoms with van der Waals surface area (Å²) in [5.74, 6) is 0.733. The van der Waals surface area contributed by atoms with E-state index in [1.807, 2.05) is 26.0 Å². The molecule has 3 rings (SSSR count). The Kier molecular flexibility index (Phi) is 6.82. The maximum absolute atomic E-state index is 10.5. The van der Waals surface area contributed by atoms with Crippen molar-refractivity contribution in [1.29, 1.82) is 0 Å². The molecule has 0 aliphatic carbocycles. The largest absolute Gasteiger partial charge is 0.386 e. The van der Waals surface area contributed by atoms with Gasteiger partial charge in [0.2, 0.25) is 0 Å². The molecule has 27 heavy (non-hydrogen) atoms. The van der Waals surface area contributed by atoms with Gasteiger partial charge < -0.3 is 15.7 Å². The van der Waals surface area contributed by atoms with Gasteiger partial charge in [0.15, 0.2) is 5.96 Å². The van der Waals surface area contributed by atoms with Crippen LogP contribution in [0.1, 0.15) is 33.5 Å². The van der Waals surface area contributed by atoms with E-state index in [2.05, 4.69) is 45.7 Å². The van der Waals surface area contributed by atoms with Gasteiger partial charge >= 0.3 is 0 Å². The number of thiazole rings is 1. The first-order chi connectivity index (χ1) is 13.1. The molecular weight excluding hydrogens is 376 g/mol. The van der Waals surface area contributed by atoms with Gasteiger partial charge in [0, 0.05) is 34.0 Å². The zero-order chi connectivity index (χ0) is 19.2. The van der Waals surface area contributed by atoms with Crippen molar-refractivity contribution in [3.05, 3.63) is 50.8 Å². The molecule has 0 aliphatic heterocycles. The van der Waals surface area contributed by atoms with Crippen LogP contribution >= 0.6 is 22.7 Å². The number of hydrogen-bond acceptors (Lipinski definition) is 5. The van der Waals surface area contributed by atoms with Crippen LogP contribution in [0.15, 0.2) is 35.3 Å². The Balaban J connectivity index is 1.58. The average molecular weight is 403 g/mol. The molecule has 1 atom stereocenters. The molecular formula is C20H26N4OS2. The van der Waals surface area contributed by atoms with Crippen LogP contribution in [0.4, 0.5) is 0 Å². The predicted octanol–water partition coefficient (Wildman–Crippen LogP) is 3.81. The number of nitrogens with one attached hydrogen (secondary N) is 2. The number of thiophene rings is 1. The smallest absolute Gasteiger partial charge is 0.191 e. The molecule has 0 saturated carbocycles. The Labute approximate surface area is 168 Å². The lowest BCUT2D eigenvalue weighted by atomic mass is 10.2. The summed E-state index contributed by atoms with van der Waals surface area (Å²) >= 11 is 3.37. The number of aliphatic imine (C=N–C) groups is 1. The zero-order valence-electron chi connectivity index (χ0n) is 16.0. The predicted molar refractivity (Wildman–Crippen MR) is 116 cm³/mol.